The average Bonchev–Trinajstić information content (AvgIpc) is 3.27. The Morgan fingerprint density at radius 1 is 0.774 bits per heavy atom. The Morgan fingerprint density at radius 3 is 2.35 bits per heavy atom. The van der Waals surface area contributed by atoms with Crippen LogP contribution in [-0.2, 0) is 24.5 Å². The van der Waals surface area contributed by atoms with E-state index in [1.807, 2.05) is 65.5 Å². The Bertz CT molecular complexity index is 1280. The maximum atomic E-state index is 6.02. The molecule has 0 N–H and O–H groups in total. The van der Waals surface area contributed by atoms with E-state index in [0.29, 0.717) is 19.8 Å². The van der Waals surface area contributed by atoms with E-state index >= 15 is 0 Å². The molecule has 5 nitrogen and oxygen atoms in total. The first-order valence-corrected chi connectivity index (χ1v) is 10.3. The number of aromatic nitrogens is 4. The normalized spacial score (nSPS) is 11.1. The molecule has 0 aliphatic carbocycles. The van der Waals surface area contributed by atoms with Crippen LogP contribution in [0.2, 0.25) is 0 Å². The summed E-state index contributed by atoms with van der Waals surface area (Å²) in [5.41, 5.74) is 6.14. The molecule has 0 spiro atoms. The SMILES string of the molecule is c1ccc(Cn2cc(COCc3cc(-c4ccccc4)nc4ccccc34)nn2)cc1. The van der Waals surface area contributed by atoms with Crippen LogP contribution in [0.3, 0.4) is 0 Å². The highest BCUT2D eigenvalue weighted by atomic mass is 16.5. The van der Waals surface area contributed by atoms with Gasteiger partial charge in [0.15, 0.2) is 0 Å². The number of para-hydroxylation sites is 1. The third-order valence-electron chi connectivity index (χ3n) is 5.15. The Labute approximate surface area is 181 Å². The topological polar surface area (TPSA) is 52.8 Å². The first kappa shape index (κ1) is 19.2. The minimum atomic E-state index is 0.409. The van der Waals surface area contributed by atoms with Gasteiger partial charge in [-0.25, -0.2) is 9.67 Å². The van der Waals surface area contributed by atoms with Crippen LogP contribution in [0.4, 0.5) is 0 Å². The molecule has 5 rings (SSSR count). The zero-order valence-electron chi connectivity index (χ0n) is 17.1. The number of nitrogens with zero attached hydrogens (tertiary/aromatic N) is 4. The number of hydrogen-bond acceptors (Lipinski definition) is 4. The Hall–Kier alpha value is -3.83. The van der Waals surface area contributed by atoms with Gasteiger partial charge in [-0.3, -0.25) is 0 Å². The van der Waals surface area contributed by atoms with Gasteiger partial charge in [-0.15, -0.1) is 5.10 Å². The second kappa shape index (κ2) is 8.90. The van der Waals surface area contributed by atoms with Gasteiger partial charge in [0.05, 0.1) is 37.2 Å². The lowest BCUT2D eigenvalue weighted by molar-refractivity contribution is 0.105. The number of fused-ring (bicyclic) bond motifs is 1. The van der Waals surface area contributed by atoms with Crippen molar-refractivity contribution in [2.75, 3.05) is 0 Å². The summed E-state index contributed by atoms with van der Waals surface area (Å²) in [4.78, 5) is 4.83. The first-order valence-electron chi connectivity index (χ1n) is 10.3. The summed E-state index contributed by atoms with van der Waals surface area (Å²) in [6.45, 7) is 1.59. The highest BCUT2D eigenvalue weighted by Crippen LogP contribution is 2.25. The maximum absolute atomic E-state index is 6.02. The third-order valence-corrected chi connectivity index (χ3v) is 5.15. The van der Waals surface area contributed by atoms with Gasteiger partial charge in [-0.1, -0.05) is 84.1 Å². The monoisotopic (exact) mass is 406 g/mol. The molecule has 152 valence electrons. The molecule has 2 aromatic heterocycles. The van der Waals surface area contributed by atoms with Crippen LogP contribution in [0.1, 0.15) is 16.8 Å². The number of ether oxygens (including phenoxy) is 1. The largest absolute Gasteiger partial charge is 0.370 e. The summed E-state index contributed by atoms with van der Waals surface area (Å²) in [5, 5.41) is 9.57. The number of pyridine rings is 1. The van der Waals surface area contributed by atoms with E-state index in [2.05, 4.69) is 46.7 Å². The van der Waals surface area contributed by atoms with Crippen LogP contribution in [0.25, 0.3) is 22.2 Å². The van der Waals surface area contributed by atoms with E-state index in [0.717, 1.165) is 33.4 Å². The highest BCUT2D eigenvalue weighted by Gasteiger charge is 2.09. The Kier molecular flexibility index (Phi) is 5.50. The molecule has 0 unspecified atom stereocenters. The summed E-state index contributed by atoms with van der Waals surface area (Å²) < 4.78 is 7.86. The number of benzene rings is 3. The van der Waals surface area contributed by atoms with Crippen molar-refractivity contribution in [1.82, 2.24) is 20.0 Å². The van der Waals surface area contributed by atoms with Gasteiger partial charge in [0.1, 0.15) is 5.69 Å². The van der Waals surface area contributed by atoms with Gasteiger partial charge in [0.25, 0.3) is 0 Å². The Balaban J connectivity index is 1.31. The van der Waals surface area contributed by atoms with E-state index in [1.54, 1.807) is 0 Å². The second-order valence-electron chi connectivity index (χ2n) is 7.44. The molecule has 0 bridgehead atoms. The highest BCUT2D eigenvalue weighted by molar-refractivity contribution is 5.85. The van der Waals surface area contributed by atoms with Crippen molar-refractivity contribution in [3.8, 4) is 11.3 Å². The molecular formula is C26H22N4O. The molecule has 5 aromatic rings. The van der Waals surface area contributed by atoms with Gasteiger partial charge < -0.3 is 4.74 Å². The predicted molar refractivity (Wildman–Crippen MR) is 121 cm³/mol. The lowest BCUT2D eigenvalue weighted by Crippen LogP contribution is -2.00. The fraction of sp³-hybridized carbons (Fsp3) is 0.115. The van der Waals surface area contributed by atoms with Crippen molar-refractivity contribution in [2.45, 2.75) is 19.8 Å². The minimum absolute atomic E-state index is 0.409. The van der Waals surface area contributed by atoms with Crippen molar-refractivity contribution in [1.29, 1.82) is 0 Å². The Morgan fingerprint density at radius 2 is 1.52 bits per heavy atom. The van der Waals surface area contributed by atoms with E-state index in [-0.39, 0.29) is 0 Å². The summed E-state index contributed by atoms with van der Waals surface area (Å²) in [6, 6.07) is 30.7. The number of rotatable bonds is 7. The maximum Gasteiger partial charge on any atom is 0.108 e. The van der Waals surface area contributed by atoms with Gasteiger partial charge in [0.2, 0.25) is 0 Å². The van der Waals surface area contributed by atoms with Gasteiger partial charge in [0, 0.05) is 10.9 Å². The molecule has 5 heteroatoms. The molecule has 2 heterocycles. The van der Waals surface area contributed by atoms with Crippen molar-refractivity contribution in [3.05, 3.63) is 114 Å². The molecule has 0 aliphatic rings. The fourth-order valence-electron chi connectivity index (χ4n) is 3.64. The van der Waals surface area contributed by atoms with E-state index in [1.165, 1.54) is 5.56 Å². The van der Waals surface area contributed by atoms with Gasteiger partial charge in [-0.2, -0.15) is 0 Å². The van der Waals surface area contributed by atoms with E-state index < -0.39 is 0 Å². The zero-order chi connectivity index (χ0) is 20.9. The lowest BCUT2D eigenvalue weighted by Gasteiger charge is -2.10. The molecule has 0 amide bonds. The van der Waals surface area contributed by atoms with Crippen molar-refractivity contribution < 1.29 is 4.74 Å². The average molecular weight is 406 g/mol. The molecule has 0 atom stereocenters. The lowest BCUT2D eigenvalue weighted by atomic mass is 10.0. The molecule has 0 aliphatic heterocycles. The second-order valence-corrected chi connectivity index (χ2v) is 7.44. The number of hydrogen-bond donors (Lipinski definition) is 0. The van der Waals surface area contributed by atoms with E-state index in [9.17, 15) is 0 Å². The fourth-order valence-corrected chi connectivity index (χ4v) is 3.64. The molecule has 0 radical (unpaired) electrons. The van der Waals surface area contributed by atoms with Crippen LogP contribution in [0.5, 0.6) is 0 Å². The van der Waals surface area contributed by atoms with Gasteiger partial charge >= 0.3 is 0 Å². The summed E-state index contributed by atoms with van der Waals surface area (Å²) in [6.07, 6.45) is 1.94. The first-order chi connectivity index (χ1) is 15.3. The summed E-state index contributed by atoms with van der Waals surface area (Å²) in [5.74, 6) is 0. The smallest absolute Gasteiger partial charge is 0.108 e. The summed E-state index contributed by atoms with van der Waals surface area (Å²) in [7, 11) is 0. The molecular weight excluding hydrogens is 384 g/mol. The molecule has 0 saturated carbocycles. The van der Waals surface area contributed by atoms with E-state index in [4.69, 9.17) is 9.72 Å². The standard InChI is InChI=1S/C26H22N4O/c1-3-9-20(10-4-1)16-30-17-23(28-29-30)19-31-18-22-15-26(21-11-5-2-6-12-21)27-25-14-8-7-13-24(22)25/h1-15,17H,16,18-19H2. The third kappa shape index (κ3) is 4.52. The van der Waals surface area contributed by atoms with Crippen LogP contribution in [0, 0.1) is 0 Å². The zero-order valence-corrected chi connectivity index (χ0v) is 17.1. The minimum Gasteiger partial charge on any atom is -0.370 e. The summed E-state index contributed by atoms with van der Waals surface area (Å²) >= 11 is 0. The predicted octanol–water partition coefficient (Wildman–Crippen LogP) is 5.26. The van der Waals surface area contributed by atoms with Gasteiger partial charge in [-0.05, 0) is 23.3 Å². The van der Waals surface area contributed by atoms with Crippen LogP contribution >= 0.6 is 0 Å². The quantitative estimate of drug-likeness (QED) is 0.370. The van der Waals surface area contributed by atoms with Crippen molar-refractivity contribution >= 4 is 10.9 Å². The molecule has 0 fully saturated rings. The van der Waals surface area contributed by atoms with Crippen LogP contribution in [-0.4, -0.2) is 20.0 Å². The molecule has 3 aromatic carbocycles. The molecule has 31 heavy (non-hydrogen) atoms. The van der Waals surface area contributed by atoms with Crippen LogP contribution < -0.4 is 0 Å². The van der Waals surface area contributed by atoms with Crippen LogP contribution in [0.15, 0.2) is 97.2 Å². The van der Waals surface area contributed by atoms with Crippen molar-refractivity contribution in [3.63, 3.8) is 0 Å². The molecule has 0 saturated heterocycles. The van der Waals surface area contributed by atoms with Crippen molar-refractivity contribution in [2.24, 2.45) is 0 Å².